The van der Waals surface area contributed by atoms with Crippen LogP contribution in [-0.4, -0.2) is 11.1 Å². The maximum atomic E-state index is 12.1. The fourth-order valence-electron chi connectivity index (χ4n) is 1.78. The van der Waals surface area contributed by atoms with E-state index < -0.39 is 0 Å². The highest BCUT2D eigenvalue weighted by molar-refractivity contribution is 6.05. The van der Waals surface area contributed by atoms with Crippen molar-refractivity contribution < 1.29 is 9.32 Å². The molecule has 2 rings (SSSR count). The zero-order valence-corrected chi connectivity index (χ0v) is 10.8. The van der Waals surface area contributed by atoms with Gasteiger partial charge in [0.1, 0.15) is 11.3 Å². The third kappa shape index (κ3) is 2.42. The molecule has 0 spiro atoms. The van der Waals surface area contributed by atoms with Gasteiger partial charge in [-0.3, -0.25) is 4.79 Å². The zero-order valence-electron chi connectivity index (χ0n) is 10.8. The smallest absolute Gasteiger partial charge is 0.261 e. The van der Waals surface area contributed by atoms with E-state index in [-0.39, 0.29) is 5.91 Å². The molecule has 0 saturated heterocycles. The highest BCUT2D eigenvalue weighted by Gasteiger charge is 2.19. The predicted molar refractivity (Wildman–Crippen MR) is 69.8 cm³/mol. The molecule has 0 aliphatic rings. The van der Waals surface area contributed by atoms with Crippen molar-refractivity contribution in [3.05, 3.63) is 46.8 Å². The van der Waals surface area contributed by atoms with Gasteiger partial charge in [-0.25, -0.2) is 0 Å². The topological polar surface area (TPSA) is 55.1 Å². The van der Waals surface area contributed by atoms with Gasteiger partial charge >= 0.3 is 0 Å². The van der Waals surface area contributed by atoms with Crippen molar-refractivity contribution in [2.75, 3.05) is 5.32 Å². The maximum Gasteiger partial charge on any atom is 0.261 e. The minimum Gasteiger partial charge on any atom is -0.360 e. The minimum absolute atomic E-state index is 0.172. The molecule has 0 bridgehead atoms. The van der Waals surface area contributed by atoms with Crippen LogP contribution in [0.4, 0.5) is 5.69 Å². The third-order valence-corrected chi connectivity index (χ3v) is 2.79. The normalized spacial score (nSPS) is 10.4. The van der Waals surface area contributed by atoms with Crippen LogP contribution in [0.3, 0.4) is 0 Å². The summed E-state index contributed by atoms with van der Waals surface area (Å²) in [5.41, 5.74) is 3.09. The SMILES string of the molecule is CCc1onc(C)c1C(=O)Nc1ccc(C)cc1. The van der Waals surface area contributed by atoms with E-state index >= 15 is 0 Å². The fraction of sp³-hybridized carbons (Fsp3) is 0.286. The van der Waals surface area contributed by atoms with E-state index in [4.69, 9.17) is 4.52 Å². The van der Waals surface area contributed by atoms with Crippen LogP contribution in [-0.2, 0) is 6.42 Å². The van der Waals surface area contributed by atoms with E-state index in [0.29, 0.717) is 23.4 Å². The Bertz CT molecular complexity index is 556. The molecule has 4 nitrogen and oxygen atoms in total. The number of amides is 1. The monoisotopic (exact) mass is 244 g/mol. The number of carbonyl (C=O) groups is 1. The zero-order chi connectivity index (χ0) is 13.1. The standard InChI is InChI=1S/C14H16N2O2/c1-4-12-13(10(3)16-18-12)14(17)15-11-7-5-9(2)6-8-11/h5-8H,4H2,1-3H3,(H,15,17). The van der Waals surface area contributed by atoms with Crippen molar-refractivity contribution in [1.82, 2.24) is 5.16 Å². The molecule has 0 aliphatic heterocycles. The molecule has 1 amide bonds. The molecule has 0 radical (unpaired) electrons. The number of anilines is 1. The second kappa shape index (κ2) is 5.04. The van der Waals surface area contributed by atoms with E-state index in [9.17, 15) is 4.79 Å². The Hall–Kier alpha value is -2.10. The van der Waals surface area contributed by atoms with Crippen molar-refractivity contribution >= 4 is 11.6 Å². The Morgan fingerprint density at radius 3 is 2.56 bits per heavy atom. The number of hydrogen-bond acceptors (Lipinski definition) is 3. The quantitative estimate of drug-likeness (QED) is 0.902. The summed E-state index contributed by atoms with van der Waals surface area (Å²) in [6.45, 7) is 5.71. The number of rotatable bonds is 3. The van der Waals surface area contributed by atoms with Crippen LogP contribution in [0.15, 0.2) is 28.8 Å². The van der Waals surface area contributed by atoms with Crippen LogP contribution < -0.4 is 5.32 Å². The molecule has 1 aromatic carbocycles. The Morgan fingerprint density at radius 1 is 1.28 bits per heavy atom. The number of aryl methyl sites for hydroxylation is 3. The summed E-state index contributed by atoms with van der Waals surface area (Å²) in [5.74, 6) is 0.451. The molecule has 0 fully saturated rings. The highest BCUT2D eigenvalue weighted by atomic mass is 16.5. The number of benzene rings is 1. The Kier molecular flexibility index (Phi) is 3.46. The third-order valence-electron chi connectivity index (χ3n) is 2.79. The first-order chi connectivity index (χ1) is 8.61. The number of nitrogens with zero attached hydrogens (tertiary/aromatic N) is 1. The average Bonchev–Trinajstić information content (AvgIpc) is 2.73. The predicted octanol–water partition coefficient (Wildman–Crippen LogP) is 3.11. The molecule has 0 atom stereocenters. The van der Waals surface area contributed by atoms with Gasteiger partial charge in [0.2, 0.25) is 0 Å². The summed E-state index contributed by atoms with van der Waals surface area (Å²) in [6, 6.07) is 7.66. The molecule has 1 heterocycles. The number of aromatic nitrogens is 1. The van der Waals surface area contributed by atoms with Crippen LogP contribution in [0.1, 0.15) is 34.3 Å². The first-order valence-corrected chi connectivity index (χ1v) is 5.95. The molecule has 1 aromatic heterocycles. The number of nitrogens with one attached hydrogen (secondary N) is 1. The lowest BCUT2D eigenvalue weighted by atomic mass is 10.1. The van der Waals surface area contributed by atoms with Crippen molar-refractivity contribution in [3.63, 3.8) is 0 Å². The second-order valence-electron chi connectivity index (χ2n) is 4.24. The van der Waals surface area contributed by atoms with Gasteiger partial charge in [0.25, 0.3) is 5.91 Å². The van der Waals surface area contributed by atoms with Crippen LogP contribution in [0.5, 0.6) is 0 Å². The Morgan fingerprint density at radius 2 is 1.94 bits per heavy atom. The van der Waals surface area contributed by atoms with Gasteiger partial charge in [0, 0.05) is 12.1 Å². The maximum absolute atomic E-state index is 12.1. The summed E-state index contributed by atoms with van der Waals surface area (Å²) in [6.07, 6.45) is 0.650. The van der Waals surface area contributed by atoms with Crippen molar-refractivity contribution in [2.24, 2.45) is 0 Å². The number of hydrogen-bond donors (Lipinski definition) is 1. The summed E-state index contributed by atoms with van der Waals surface area (Å²) >= 11 is 0. The van der Waals surface area contributed by atoms with Crippen LogP contribution in [0.2, 0.25) is 0 Å². The largest absolute Gasteiger partial charge is 0.360 e. The van der Waals surface area contributed by atoms with Crippen molar-refractivity contribution in [1.29, 1.82) is 0 Å². The molecule has 94 valence electrons. The van der Waals surface area contributed by atoms with Gasteiger partial charge in [-0.2, -0.15) is 0 Å². The lowest BCUT2D eigenvalue weighted by Crippen LogP contribution is -2.14. The fourth-order valence-corrected chi connectivity index (χ4v) is 1.78. The van der Waals surface area contributed by atoms with Gasteiger partial charge in [0.05, 0.1) is 5.69 Å². The molecular weight excluding hydrogens is 228 g/mol. The lowest BCUT2D eigenvalue weighted by Gasteiger charge is -2.05. The van der Waals surface area contributed by atoms with Gasteiger partial charge in [-0.05, 0) is 26.0 Å². The summed E-state index contributed by atoms with van der Waals surface area (Å²) in [4.78, 5) is 12.1. The molecule has 18 heavy (non-hydrogen) atoms. The summed E-state index contributed by atoms with van der Waals surface area (Å²) in [5, 5.41) is 6.68. The van der Waals surface area contributed by atoms with E-state index in [2.05, 4.69) is 10.5 Å². The Balaban J connectivity index is 2.21. The lowest BCUT2D eigenvalue weighted by molar-refractivity contribution is 0.102. The minimum atomic E-state index is -0.172. The first kappa shape index (κ1) is 12.4. The number of carbonyl (C=O) groups excluding carboxylic acids is 1. The molecule has 1 N–H and O–H groups in total. The molecule has 0 unspecified atom stereocenters. The molecule has 4 heteroatoms. The van der Waals surface area contributed by atoms with Crippen molar-refractivity contribution in [2.45, 2.75) is 27.2 Å². The van der Waals surface area contributed by atoms with Gasteiger partial charge < -0.3 is 9.84 Å². The van der Waals surface area contributed by atoms with E-state index in [1.54, 1.807) is 6.92 Å². The molecule has 2 aromatic rings. The van der Waals surface area contributed by atoms with E-state index in [1.807, 2.05) is 38.1 Å². The van der Waals surface area contributed by atoms with Gasteiger partial charge in [0.15, 0.2) is 0 Å². The van der Waals surface area contributed by atoms with Gasteiger partial charge in [-0.1, -0.05) is 29.8 Å². The summed E-state index contributed by atoms with van der Waals surface area (Å²) in [7, 11) is 0. The molecule has 0 saturated carbocycles. The second-order valence-corrected chi connectivity index (χ2v) is 4.24. The van der Waals surface area contributed by atoms with E-state index in [1.165, 1.54) is 0 Å². The van der Waals surface area contributed by atoms with Crippen LogP contribution in [0.25, 0.3) is 0 Å². The van der Waals surface area contributed by atoms with Crippen molar-refractivity contribution in [3.8, 4) is 0 Å². The van der Waals surface area contributed by atoms with E-state index in [0.717, 1.165) is 11.3 Å². The first-order valence-electron chi connectivity index (χ1n) is 5.95. The van der Waals surface area contributed by atoms with Gasteiger partial charge in [-0.15, -0.1) is 0 Å². The summed E-state index contributed by atoms with van der Waals surface area (Å²) < 4.78 is 5.11. The van der Waals surface area contributed by atoms with Crippen LogP contribution >= 0.6 is 0 Å². The highest BCUT2D eigenvalue weighted by Crippen LogP contribution is 2.17. The van der Waals surface area contributed by atoms with Crippen LogP contribution in [0, 0.1) is 13.8 Å². The molecular formula is C14H16N2O2. The Labute approximate surface area is 106 Å². The molecule has 0 aliphatic carbocycles. The average molecular weight is 244 g/mol.